The molecule has 0 aromatic heterocycles. The molecule has 1 heterocycles. The molecule has 0 spiro atoms. The third kappa shape index (κ3) is 5.79. The van der Waals surface area contributed by atoms with Gasteiger partial charge in [0, 0.05) is 13.1 Å². The lowest BCUT2D eigenvalue weighted by atomic mass is 10.1. The second kappa shape index (κ2) is 11.0. The summed E-state index contributed by atoms with van der Waals surface area (Å²) in [6.45, 7) is 7.69. The number of nitrogens with zero attached hydrogens (tertiary/aromatic N) is 2. The molecule has 2 aromatic carbocycles. The fraction of sp³-hybridized carbons (Fsp3) is 0.304. The topological polar surface area (TPSA) is 51.1 Å². The highest BCUT2D eigenvalue weighted by Crippen LogP contribution is 2.38. The summed E-state index contributed by atoms with van der Waals surface area (Å²) >= 11 is 3.57. The first kappa shape index (κ1) is 23.6. The lowest BCUT2D eigenvalue weighted by Gasteiger charge is -2.15. The van der Waals surface area contributed by atoms with E-state index in [1.54, 1.807) is 11.0 Å². The zero-order valence-corrected chi connectivity index (χ0v) is 20.6. The van der Waals surface area contributed by atoms with Crippen molar-refractivity contribution >= 4 is 51.5 Å². The Morgan fingerprint density at radius 1 is 1.19 bits per heavy atom. The number of aliphatic imine (C=N–C) groups is 1. The lowest BCUT2D eigenvalue weighted by Crippen LogP contribution is -2.28. The fourth-order valence-corrected chi connectivity index (χ4v) is 4.93. The molecule has 1 fully saturated rings. The highest BCUT2D eigenvalue weighted by atomic mass is 127. The first-order valence-electron chi connectivity index (χ1n) is 10.1. The van der Waals surface area contributed by atoms with Crippen molar-refractivity contribution in [3.8, 4) is 11.5 Å². The zero-order valence-electron chi connectivity index (χ0n) is 17.7. The summed E-state index contributed by atoms with van der Waals surface area (Å²) in [5.74, 6) is 0.846. The smallest absolute Gasteiger partial charge is 0.266 e. The number of halogens is 2. The van der Waals surface area contributed by atoms with Crippen LogP contribution >= 0.6 is 34.4 Å². The Bertz CT molecular complexity index is 1030. The minimum absolute atomic E-state index is 0.0425. The van der Waals surface area contributed by atoms with Crippen LogP contribution in [0.2, 0.25) is 0 Å². The van der Waals surface area contributed by atoms with Crippen LogP contribution in [0.1, 0.15) is 31.9 Å². The quantitative estimate of drug-likeness (QED) is 0.310. The highest BCUT2D eigenvalue weighted by molar-refractivity contribution is 14.1. The van der Waals surface area contributed by atoms with E-state index in [-0.39, 0.29) is 18.3 Å². The molecule has 0 N–H and O–H groups in total. The Balaban J connectivity index is 1.88. The van der Waals surface area contributed by atoms with Crippen molar-refractivity contribution in [3.05, 3.63) is 61.8 Å². The maximum Gasteiger partial charge on any atom is 0.266 e. The maximum absolute atomic E-state index is 13.5. The zero-order chi connectivity index (χ0) is 22.4. The number of ether oxygens (including phenoxy) is 2. The van der Waals surface area contributed by atoms with Crippen LogP contribution in [-0.4, -0.2) is 35.7 Å². The summed E-state index contributed by atoms with van der Waals surface area (Å²) in [5.41, 5.74) is 1.58. The van der Waals surface area contributed by atoms with Gasteiger partial charge in [0.1, 0.15) is 12.4 Å². The van der Waals surface area contributed by atoms with Crippen LogP contribution in [0.4, 0.5) is 4.39 Å². The third-order valence-electron chi connectivity index (χ3n) is 4.40. The normalized spacial score (nSPS) is 16.4. The Labute approximate surface area is 199 Å². The van der Waals surface area contributed by atoms with E-state index < -0.39 is 0 Å². The van der Waals surface area contributed by atoms with Crippen LogP contribution in [0.3, 0.4) is 0 Å². The number of rotatable bonds is 8. The lowest BCUT2D eigenvalue weighted by molar-refractivity contribution is -0.122. The van der Waals surface area contributed by atoms with E-state index in [9.17, 15) is 9.18 Å². The van der Waals surface area contributed by atoms with Crippen molar-refractivity contribution in [1.82, 2.24) is 4.90 Å². The summed E-state index contributed by atoms with van der Waals surface area (Å²) in [6, 6.07) is 10.1. The Kier molecular flexibility index (Phi) is 8.36. The Hall–Kier alpha value is -2.07. The minimum Gasteiger partial charge on any atom is -0.490 e. The number of amidine groups is 1. The molecule has 1 aliphatic rings. The number of benzene rings is 2. The molecule has 164 valence electrons. The van der Waals surface area contributed by atoms with E-state index in [2.05, 4.69) is 27.6 Å². The predicted octanol–water partition coefficient (Wildman–Crippen LogP) is 5.72. The molecule has 5 nitrogen and oxygen atoms in total. The van der Waals surface area contributed by atoms with Gasteiger partial charge in [-0.15, -0.1) is 0 Å². The second-order valence-corrected chi connectivity index (χ2v) is 8.77. The van der Waals surface area contributed by atoms with E-state index in [4.69, 9.17) is 9.47 Å². The largest absolute Gasteiger partial charge is 0.490 e. The van der Waals surface area contributed by atoms with Gasteiger partial charge in [-0.2, -0.15) is 0 Å². The van der Waals surface area contributed by atoms with Crippen LogP contribution in [0.25, 0.3) is 6.08 Å². The molecular formula is C23H24FIN2O3S. The molecule has 0 atom stereocenters. The maximum atomic E-state index is 13.5. The molecular weight excluding hydrogens is 530 g/mol. The number of carbonyl (C=O) groups is 1. The number of amides is 1. The molecule has 3 rings (SSSR count). The van der Waals surface area contributed by atoms with Gasteiger partial charge in [-0.1, -0.05) is 12.1 Å². The van der Waals surface area contributed by atoms with Crippen LogP contribution in [-0.2, 0) is 11.4 Å². The van der Waals surface area contributed by atoms with Gasteiger partial charge in [0.2, 0.25) is 0 Å². The average molecular weight is 554 g/mol. The molecule has 1 amide bonds. The van der Waals surface area contributed by atoms with Crippen LogP contribution in [0.5, 0.6) is 11.5 Å². The van der Waals surface area contributed by atoms with Crippen molar-refractivity contribution < 1.29 is 18.7 Å². The summed E-state index contributed by atoms with van der Waals surface area (Å²) in [7, 11) is 0. The van der Waals surface area contributed by atoms with E-state index in [0.29, 0.717) is 36.1 Å². The highest BCUT2D eigenvalue weighted by Gasteiger charge is 2.31. The summed E-state index contributed by atoms with van der Waals surface area (Å²) < 4.78 is 26.1. The molecule has 8 heteroatoms. The SMILES string of the molecule is CCN=C1S/C(=C/c2cc(I)c(OCc3cccc(F)c3)c(OCC)c2)C(=O)N1CC. The molecule has 0 aliphatic carbocycles. The van der Waals surface area contributed by atoms with Gasteiger partial charge in [-0.3, -0.25) is 14.7 Å². The molecule has 1 saturated heterocycles. The van der Waals surface area contributed by atoms with Gasteiger partial charge in [0.15, 0.2) is 16.7 Å². The second-order valence-electron chi connectivity index (χ2n) is 6.60. The first-order valence-corrected chi connectivity index (χ1v) is 12.0. The van der Waals surface area contributed by atoms with Crippen LogP contribution < -0.4 is 9.47 Å². The molecule has 1 aliphatic heterocycles. The number of hydrogen-bond donors (Lipinski definition) is 0. The van der Waals surface area contributed by atoms with Crippen molar-refractivity contribution in [3.63, 3.8) is 0 Å². The standard InChI is InChI=1S/C23H24FIN2O3S/c1-4-26-23-27(5-2)22(28)20(31-23)13-16-11-18(25)21(19(12-16)29-6-3)30-14-15-8-7-9-17(24)10-15/h7-13H,4-6,14H2,1-3H3/b20-13+,26-23?. The van der Waals surface area contributed by atoms with Gasteiger partial charge >= 0.3 is 0 Å². The molecule has 0 radical (unpaired) electrons. The number of thioether (sulfide) groups is 1. The fourth-order valence-electron chi connectivity index (χ4n) is 3.05. The van der Waals surface area contributed by atoms with E-state index in [1.165, 1.54) is 23.9 Å². The average Bonchev–Trinajstić information content (AvgIpc) is 3.02. The van der Waals surface area contributed by atoms with Crippen molar-refractivity contribution in [1.29, 1.82) is 0 Å². The van der Waals surface area contributed by atoms with Gasteiger partial charge < -0.3 is 9.47 Å². The van der Waals surface area contributed by atoms with Crippen LogP contribution in [0, 0.1) is 9.39 Å². The number of carbonyl (C=O) groups excluding carboxylic acids is 1. The van der Waals surface area contributed by atoms with E-state index in [0.717, 1.165) is 19.9 Å². The monoisotopic (exact) mass is 554 g/mol. The van der Waals surface area contributed by atoms with E-state index >= 15 is 0 Å². The van der Waals surface area contributed by atoms with Gasteiger partial charge in [0.05, 0.1) is 15.1 Å². The summed E-state index contributed by atoms with van der Waals surface area (Å²) in [4.78, 5) is 19.5. The first-order chi connectivity index (χ1) is 15.0. The van der Waals surface area contributed by atoms with Gasteiger partial charge in [-0.05, 0) is 96.6 Å². The molecule has 0 unspecified atom stereocenters. The third-order valence-corrected chi connectivity index (χ3v) is 6.25. The molecule has 0 bridgehead atoms. The predicted molar refractivity (Wildman–Crippen MR) is 132 cm³/mol. The minimum atomic E-state index is -0.298. The van der Waals surface area contributed by atoms with Crippen LogP contribution in [0.15, 0.2) is 46.3 Å². The Morgan fingerprint density at radius 2 is 2.00 bits per heavy atom. The molecule has 31 heavy (non-hydrogen) atoms. The number of hydrogen-bond acceptors (Lipinski definition) is 5. The molecule has 2 aromatic rings. The molecule has 0 saturated carbocycles. The Morgan fingerprint density at radius 3 is 2.68 bits per heavy atom. The van der Waals surface area contributed by atoms with Crippen molar-refractivity contribution in [2.24, 2.45) is 4.99 Å². The summed E-state index contributed by atoms with van der Waals surface area (Å²) in [5, 5.41) is 0.732. The van der Waals surface area contributed by atoms with E-state index in [1.807, 2.05) is 45.0 Å². The summed E-state index contributed by atoms with van der Waals surface area (Å²) in [6.07, 6.45) is 1.86. The number of likely N-dealkylation sites (N-methyl/N-ethyl adjacent to an activating group) is 1. The van der Waals surface area contributed by atoms with Gasteiger partial charge in [0.25, 0.3) is 5.91 Å². The van der Waals surface area contributed by atoms with Gasteiger partial charge in [-0.25, -0.2) is 4.39 Å². The van der Waals surface area contributed by atoms with Crippen molar-refractivity contribution in [2.45, 2.75) is 27.4 Å². The van der Waals surface area contributed by atoms with Crippen molar-refractivity contribution in [2.75, 3.05) is 19.7 Å².